The van der Waals surface area contributed by atoms with Crippen molar-refractivity contribution in [2.24, 2.45) is 11.7 Å². The fourth-order valence-corrected chi connectivity index (χ4v) is 2.78. The zero-order valence-corrected chi connectivity index (χ0v) is 14.0. The Balaban J connectivity index is 2.04. The van der Waals surface area contributed by atoms with E-state index in [-0.39, 0.29) is 0 Å². The summed E-state index contributed by atoms with van der Waals surface area (Å²) in [6, 6.07) is 14.1. The molecule has 1 nitrogen and oxygen atoms in total. The molecular weight excluding hydrogens is 357 g/mol. The number of benzene rings is 2. The molecule has 2 N–H and O–H groups in total. The molecule has 0 saturated carbocycles. The van der Waals surface area contributed by atoms with E-state index in [0.29, 0.717) is 22.5 Å². The maximum absolute atomic E-state index is 6.05. The summed E-state index contributed by atoms with van der Waals surface area (Å²) in [5, 5.41) is 1.19. The highest BCUT2D eigenvalue weighted by Gasteiger charge is 2.10. The van der Waals surface area contributed by atoms with E-state index >= 15 is 0 Å². The quantitative estimate of drug-likeness (QED) is 0.774. The van der Waals surface area contributed by atoms with Crippen molar-refractivity contribution in [1.82, 2.24) is 0 Å². The van der Waals surface area contributed by atoms with Crippen molar-refractivity contribution >= 4 is 39.1 Å². The Kier molecular flexibility index (Phi) is 5.91. The molecule has 0 aliphatic rings. The van der Waals surface area contributed by atoms with Gasteiger partial charge in [0.15, 0.2) is 0 Å². The fraction of sp³-hybridized carbons (Fsp3) is 0.250. The Morgan fingerprint density at radius 1 is 0.900 bits per heavy atom. The lowest BCUT2D eigenvalue weighted by Crippen LogP contribution is -2.19. The second kappa shape index (κ2) is 7.46. The molecule has 0 amide bonds. The molecule has 4 heteroatoms. The van der Waals surface area contributed by atoms with Gasteiger partial charge in [0, 0.05) is 4.47 Å². The SMILES string of the molecule is NCC(Cc1ccc(Br)cc1)Cc1ccc(Cl)c(Cl)c1. The molecule has 0 fully saturated rings. The second-order valence-corrected chi connectivity index (χ2v) is 6.61. The van der Waals surface area contributed by atoms with Crippen LogP contribution in [-0.4, -0.2) is 6.54 Å². The summed E-state index contributed by atoms with van der Waals surface area (Å²) in [5.41, 5.74) is 8.37. The highest BCUT2D eigenvalue weighted by Crippen LogP contribution is 2.24. The van der Waals surface area contributed by atoms with E-state index in [4.69, 9.17) is 28.9 Å². The van der Waals surface area contributed by atoms with Crippen LogP contribution in [-0.2, 0) is 12.8 Å². The minimum atomic E-state index is 0.397. The molecule has 1 atom stereocenters. The van der Waals surface area contributed by atoms with Gasteiger partial charge in [-0.2, -0.15) is 0 Å². The summed E-state index contributed by atoms with van der Waals surface area (Å²) < 4.78 is 1.09. The topological polar surface area (TPSA) is 26.0 Å². The van der Waals surface area contributed by atoms with Gasteiger partial charge in [-0.3, -0.25) is 0 Å². The number of hydrogen-bond donors (Lipinski definition) is 1. The van der Waals surface area contributed by atoms with Crippen molar-refractivity contribution in [3.63, 3.8) is 0 Å². The highest BCUT2D eigenvalue weighted by atomic mass is 79.9. The van der Waals surface area contributed by atoms with Gasteiger partial charge in [-0.1, -0.05) is 57.3 Å². The first-order valence-electron chi connectivity index (χ1n) is 6.47. The van der Waals surface area contributed by atoms with Gasteiger partial charge >= 0.3 is 0 Å². The lowest BCUT2D eigenvalue weighted by atomic mass is 9.93. The molecule has 2 rings (SSSR count). The second-order valence-electron chi connectivity index (χ2n) is 4.88. The molecule has 20 heavy (non-hydrogen) atoms. The average Bonchev–Trinajstić information content (AvgIpc) is 2.44. The Bertz CT molecular complexity index is 569. The predicted molar refractivity (Wildman–Crippen MR) is 90.6 cm³/mol. The summed E-state index contributed by atoms with van der Waals surface area (Å²) in [5.74, 6) is 0.397. The van der Waals surface area contributed by atoms with Crippen LogP contribution in [0.2, 0.25) is 10.0 Å². The Morgan fingerprint density at radius 3 is 2.10 bits per heavy atom. The van der Waals surface area contributed by atoms with E-state index in [2.05, 4.69) is 40.2 Å². The zero-order valence-electron chi connectivity index (χ0n) is 11.0. The van der Waals surface area contributed by atoms with Gasteiger partial charge in [-0.15, -0.1) is 0 Å². The molecule has 0 bridgehead atoms. The highest BCUT2D eigenvalue weighted by molar-refractivity contribution is 9.10. The zero-order chi connectivity index (χ0) is 14.5. The van der Waals surface area contributed by atoms with E-state index in [0.717, 1.165) is 17.3 Å². The molecule has 1 unspecified atom stereocenters. The fourth-order valence-electron chi connectivity index (χ4n) is 2.19. The maximum atomic E-state index is 6.05. The first kappa shape index (κ1) is 15.8. The van der Waals surface area contributed by atoms with Crippen LogP contribution in [0.4, 0.5) is 0 Å². The molecule has 0 saturated heterocycles. The summed E-state index contributed by atoms with van der Waals surface area (Å²) >= 11 is 15.4. The van der Waals surface area contributed by atoms with E-state index in [1.165, 1.54) is 11.1 Å². The molecule has 2 aromatic carbocycles. The van der Waals surface area contributed by atoms with Gasteiger partial charge < -0.3 is 5.73 Å². The van der Waals surface area contributed by atoms with Crippen molar-refractivity contribution in [2.45, 2.75) is 12.8 Å². The van der Waals surface area contributed by atoms with Crippen LogP contribution in [0.25, 0.3) is 0 Å². The Morgan fingerprint density at radius 2 is 1.50 bits per heavy atom. The minimum Gasteiger partial charge on any atom is -0.330 e. The van der Waals surface area contributed by atoms with Gasteiger partial charge in [0.2, 0.25) is 0 Å². The molecule has 106 valence electrons. The number of hydrogen-bond acceptors (Lipinski definition) is 1. The largest absolute Gasteiger partial charge is 0.330 e. The molecule has 0 aliphatic heterocycles. The molecule has 2 aromatic rings. The van der Waals surface area contributed by atoms with Gasteiger partial charge in [-0.05, 0) is 60.7 Å². The molecule has 0 aliphatic carbocycles. The normalized spacial score (nSPS) is 12.4. The molecule has 0 aromatic heterocycles. The summed E-state index contributed by atoms with van der Waals surface area (Å²) in [6.07, 6.45) is 1.87. The van der Waals surface area contributed by atoms with Gasteiger partial charge in [-0.25, -0.2) is 0 Å². The van der Waals surface area contributed by atoms with Crippen LogP contribution >= 0.6 is 39.1 Å². The van der Waals surface area contributed by atoms with Crippen LogP contribution in [0, 0.1) is 5.92 Å². The van der Waals surface area contributed by atoms with Crippen molar-refractivity contribution in [2.75, 3.05) is 6.54 Å². The molecule has 0 spiro atoms. The summed E-state index contributed by atoms with van der Waals surface area (Å²) in [4.78, 5) is 0. The van der Waals surface area contributed by atoms with Gasteiger partial charge in [0.25, 0.3) is 0 Å². The smallest absolute Gasteiger partial charge is 0.0595 e. The molecule has 0 radical (unpaired) electrons. The summed E-state index contributed by atoms with van der Waals surface area (Å²) in [7, 11) is 0. The first-order chi connectivity index (χ1) is 9.58. The third kappa shape index (κ3) is 4.49. The van der Waals surface area contributed by atoms with Gasteiger partial charge in [0.05, 0.1) is 10.0 Å². The monoisotopic (exact) mass is 371 g/mol. The predicted octanol–water partition coefficient (Wildman–Crippen LogP) is 5.12. The van der Waals surface area contributed by atoms with Crippen LogP contribution in [0.5, 0.6) is 0 Å². The molecule has 0 heterocycles. The third-order valence-corrected chi connectivity index (χ3v) is 4.55. The Hall–Kier alpha value is -0.540. The number of halogens is 3. The van der Waals surface area contributed by atoms with Crippen LogP contribution in [0.1, 0.15) is 11.1 Å². The van der Waals surface area contributed by atoms with E-state index in [9.17, 15) is 0 Å². The lowest BCUT2D eigenvalue weighted by Gasteiger charge is -2.15. The minimum absolute atomic E-state index is 0.397. The molecular formula is C16H16BrCl2N. The van der Waals surface area contributed by atoms with E-state index < -0.39 is 0 Å². The van der Waals surface area contributed by atoms with Gasteiger partial charge in [0.1, 0.15) is 0 Å². The Labute approximate surface area is 138 Å². The lowest BCUT2D eigenvalue weighted by molar-refractivity contribution is 0.533. The third-order valence-electron chi connectivity index (χ3n) is 3.28. The van der Waals surface area contributed by atoms with E-state index in [1.807, 2.05) is 18.2 Å². The van der Waals surface area contributed by atoms with E-state index in [1.54, 1.807) is 0 Å². The first-order valence-corrected chi connectivity index (χ1v) is 8.02. The summed E-state index contributed by atoms with van der Waals surface area (Å²) in [6.45, 7) is 0.649. The number of rotatable bonds is 5. The number of nitrogens with two attached hydrogens (primary N) is 1. The maximum Gasteiger partial charge on any atom is 0.0595 e. The van der Waals surface area contributed by atoms with Crippen LogP contribution in [0.3, 0.4) is 0 Å². The van der Waals surface area contributed by atoms with Crippen molar-refractivity contribution in [3.05, 3.63) is 68.1 Å². The van der Waals surface area contributed by atoms with Crippen LogP contribution in [0.15, 0.2) is 46.9 Å². The van der Waals surface area contributed by atoms with Crippen molar-refractivity contribution < 1.29 is 0 Å². The average molecular weight is 373 g/mol. The van der Waals surface area contributed by atoms with Crippen molar-refractivity contribution in [3.8, 4) is 0 Å². The van der Waals surface area contributed by atoms with Crippen LogP contribution < -0.4 is 5.73 Å². The standard InChI is InChI=1S/C16H16BrCl2N/c17-14-4-1-11(2-5-14)7-13(10-20)8-12-3-6-15(18)16(19)9-12/h1-6,9,13H,7-8,10,20H2. The van der Waals surface area contributed by atoms with Crippen molar-refractivity contribution in [1.29, 1.82) is 0 Å².